The minimum absolute atomic E-state index is 0.0824. The predicted octanol–water partition coefficient (Wildman–Crippen LogP) is 10.5. The molecule has 2 aliphatic carbocycles. The highest BCUT2D eigenvalue weighted by Gasteiger charge is 2.31. The van der Waals surface area contributed by atoms with Crippen molar-refractivity contribution in [1.82, 2.24) is 0 Å². The average molecular weight is 533 g/mol. The Morgan fingerprint density at radius 3 is 1.92 bits per heavy atom. The van der Waals surface area contributed by atoms with Crippen LogP contribution in [0.2, 0.25) is 0 Å². The molecule has 0 amide bonds. The number of ether oxygens (including phenoxy) is 1. The van der Waals surface area contributed by atoms with Crippen LogP contribution in [0.25, 0.3) is 22.3 Å². The molecule has 5 rings (SSSR count). The van der Waals surface area contributed by atoms with Crippen LogP contribution in [0.4, 0.5) is 13.2 Å². The van der Waals surface area contributed by atoms with Crippen LogP contribution in [0.15, 0.2) is 67.3 Å². The third-order valence-corrected chi connectivity index (χ3v) is 9.07. The fourth-order valence-corrected chi connectivity index (χ4v) is 6.70. The van der Waals surface area contributed by atoms with Crippen molar-refractivity contribution >= 4 is 0 Å². The number of benzene rings is 3. The molecule has 4 heteroatoms. The van der Waals surface area contributed by atoms with Gasteiger partial charge in [0.1, 0.15) is 5.82 Å². The summed E-state index contributed by atoms with van der Waals surface area (Å²) in [6.07, 6.45) is 12.8. The van der Waals surface area contributed by atoms with Gasteiger partial charge in [-0.3, -0.25) is 0 Å². The summed E-state index contributed by atoms with van der Waals surface area (Å²) in [5, 5.41) is 0. The van der Waals surface area contributed by atoms with Gasteiger partial charge in [-0.1, -0.05) is 49.4 Å². The van der Waals surface area contributed by atoms with Crippen LogP contribution in [-0.2, 0) is 0 Å². The number of hydrogen-bond acceptors (Lipinski definition) is 1. The van der Waals surface area contributed by atoms with Crippen LogP contribution in [-0.4, -0.2) is 6.61 Å². The van der Waals surface area contributed by atoms with Gasteiger partial charge in [-0.2, -0.15) is 4.39 Å². The van der Waals surface area contributed by atoms with E-state index in [9.17, 15) is 8.78 Å². The van der Waals surface area contributed by atoms with Crippen molar-refractivity contribution < 1.29 is 17.9 Å². The van der Waals surface area contributed by atoms with Crippen molar-refractivity contribution in [2.24, 2.45) is 17.8 Å². The lowest BCUT2D eigenvalue weighted by Gasteiger charge is -2.37. The standard InChI is InChI=1S/C35H39F3O/c1-3-21-39-33-20-19-31(34(37)35(33)38)28-15-13-27(14-16-28)30-18-17-29(22-32(30)36)26-11-9-25(10-12-26)24-7-5-23(4-2)6-8-24/h4,13-20,22-26H,2-3,5-12,21H2,1H3. The Hall–Kier alpha value is -3.01. The van der Waals surface area contributed by atoms with Gasteiger partial charge < -0.3 is 4.74 Å². The topological polar surface area (TPSA) is 9.23 Å². The van der Waals surface area contributed by atoms with Crippen molar-refractivity contribution in [2.75, 3.05) is 6.61 Å². The zero-order chi connectivity index (χ0) is 27.4. The first kappa shape index (κ1) is 27.6. The van der Waals surface area contributed by atoms with Crippen molar-refractivity contribution in [3.63, 3.8) is 0 Å². The van der Waals surface area contributed by atoms with E-state index < -0.39 is 11.6 Å². The summed E-state index contributed by atoms with van der Waals surface area (Å²) in [4.78, 5) is 0. The Labute approximate surface area is 231 Å². The third-order valence-electron chi connectivity index (χ3n) is 9.07. The maximum absolute atomic E-state index is 15.3. The highest BCUT2D eigenvalue weighted by atomic mass is 19.2. The lowest BCUT2D eigenvalue weighted by molar-refractivity contribution is 0.171. The molecule has 0 unspecified atom stereocenters. The monoisotopic (exact) mass is 532 g/mol. The molecular formula is C35H39F3O. The van der Waals surface area contributed by atoms with E-state index in [1.165, 1.54) is 50.7 Å². The fraction of sp³-hybridized carbons (Fsp3) is 0.429. The molecule has 0 atom stereocenters. The summed E-state index contributed by atoms with van der Waals surface area (Å²) in [6, 6.07) is 15.5. The van der Waals surface area contributed by atoms with E-state index in [-0.39, 0.29) is 17.1 Å². The predicted molar refractivity (Wildman–Crippen MR) is 153 cm³/mol. The Morgan fingerprint density at radius 2 is 1.33 bits per heavy atom. The molecule has 0 radical (unpaired) electrons. The van der Waals surface area contributed by atoms with Gasteiger partial charge in [0.2, 0.25) is 5.82 Å². The average Bonchev–Trinajstić information content (AvgIpc) is 2.98. The van der Waals surface area contributed by atoms with Crippen molar-refractivity contribution in [3.8, 4) is 28.0 Å². The second kappa shape index (κ2) is 12.4. The molecule has 0 aliphatic heterocycles. The summed E-state index contributed by atoms with van der Waals surface area (Å²) in [6.45, 7) is 6.20. The van der Waals surface area contributed by atoms with Gasteiger partial charge in [-0.15, -0.1) is 6.58 Å². The molecule has 2 saturated carbocycles. The number of hydrogen-bond donors (Lipinski definition) is 0. The van der Waals surface area contributed by atoms with Crippen molar-refractivity contribution in [2.45, 2.75) is 70.6 Å². The molecule has 39 heavy (non-hydrogen) atoms. The summed E-state index contributed by atoms with van der Waals surface area (Å²) < 4.78 is 49.7. The Bertz CT molecular complexity index is 1270. The van der Waals surface area contributed by atoms with Crippen molar-refractivity contribution in [1.29, 1.82) is 0 Å². The summed E-state index contributed by atoms with van der Waals surface area (Å²) >= 11 is 0. The lowest BCUT2D eigenvalue weighted by atomic mass is 9.68. The van der Waals surface area contributed by atoms with Gasteiger partial charge in [0, 0.05) is 11.1 Å². The normalized spacial score (nSPS) is 23.4. The van der Waals surface area contributed by atoms with Crippen LogP contribution in [0, 0.1) is 35.2 Å². The quantitative estimate of drug-likeness (QED) is 0.262. The number of halogens is 3. The molecule has 1 nitrogen and oxygen atoms in total. The van der Waals surface area contributed by atoms with Gasteiger partial charge >= 0.3 is 0 Å². The smallest absolute Gasteiger partial charge is 0.201 e. The Morgan fingerprint density at radius 1 is 0.744 bits per heavy atom. The first-order valence-electron chi connectivity index (χ1n) is 14.6. The van der Waals surface area contributed by atoms with Crippen LogP contribution in [0.3, 0.4) is 0 Å². The highest BCUT2D eigenvalue weighted by Crippen LogP contribution is 2.44. The van der Waals surface area contributed by atoms with Crippen molar-refractivity contribution in [3.05, 3.63) is 90.3 Å². The zero-order valence-corrected chi connectivity index (χ0v) is 22.9. The number of allylic oxidation sites excluding steroid dienone is 1. The molecule has 2 fully saturated rings. The summed E-state index contributed by atoms with van der Waals surface area (Å²) in [5.41, 5.74) is 3.01. The molecule has 206 valence electrons. The highest BCUT2D eigenvalue weighted by molar-refractivity contribution is 5.71. The van der Waals surface area contributed by atoms with E-state index in [1.807, 2.05) is 13.0 Å². The molecule has 3 aromatic carbocycles. The molecule has 0 spiro atoms. The lowest BCUT2D eigenvalue weighted by Crippen LogP contribution is -2.25. The van der Waals surface area contributed by atoms with Gasteiger partial charge in [-0.05, 0) is 116 Å². The Balaban J connectivity index is 1.23. The maximum atomic E-state index is 15.3. The van der Waals surface area contributed by atoms with E-state index in [2.05, 4.69) is 18.7 Å². The van der Waals surface area contributed by atoms with Gasteiger partial charge in [0.05, 0.1) is 6.61 Å². The largest absolute Gasteiger partial charge is 0.490 e. The molecule has 0 bridgehead atoms. The molecule has 0 saturated heterocycles. The second-order valence-corrected chi connectivity index (χ2v) is 11.4. The molecule has 0 aromatic heterocycles. The Kier molecular flexibility index (Phi) is 8.79. The van der Waals surface area contributed by atoms with Crippen LogP contribution in [0.1, 0.15) is 76.2 Å². The summed E-state index contributed by atoms with van der Waals surface area (Å²) in [5.74, 6) is 0.539. The van der Waals surface area contributed by atoms with Gasteiger partial charge in [-0.25, -0.2) is 8.78 Å². The molecule has 3 aromatic rings. The van der Waals surface area contributed by atoms with E-state index in [4.69, 9.17) is 4.74 Å². The molecule has 0 N–H and O–H groups in total. The van der Waals surface area contributed by atoms with Gasteiger partial charge in [0.25, 0.3) is 0 Å². The second-order valence-electron chi connectivity index (χ2n) is 11.4. The first-order valence-corrected chi connectivity index (χ1v) is 14.6. The van der Waals surface area contributed by atoms with E-state index in [1.54, 1.807) is 30.3 Å². The number of rotatable bonds is 8. The van der Waals surface area contributed by atoms with E-state index >= 15 is 4.39 Å². The van der Waals surface area contributed by atoms with Crippen LogP contribution in [0.5, 0.6) is 5.75 Å². The van der Waals surface area contributed by atoms with Gasteiger partial charge in [0.15, 0.2) is 11.6 Å². The fourth-order valence-electron chi connectivity index (χ4n) is 6.70. The minimum atomic E-state index is -0.985. The maximum Gasteiger partial charge on any atom is 0.201 e. The zero-order valence-electron chi connectivity index (χ0n) is 22.9. The molecular weight excluding hydrogens is 493 g/mol. The van der Waals surface area contributed by atoms with Crippen LogP contribution >= 0.6 is 0 Å². The first-order chi connectivity index (χ1) is 19.0. The van der Waals surface area contributed by atoms with E-state index in [0.717, 1.165) is 30.2 Å². The summed E-state index contributed by atoms with van der Waals surface area (Å²) in [7, 11) is 0. The molecule has 2 aliphatic rings. The SMILES string of the molecule is C=CC1CCC(C2CCC(c3ccc(-c4ccc(-c5ccc(OCCC)c(F)c5F)cc4)c(F)c3)CC2)CC1. The van der Waals surface area contributed by atoms with E-state index in [0.29, 0.717) is 41.6 Å². The van der Waals surface area contributed by atoms with Crippen LogP contribution < -0.4 is 4.74 Å². The molecule has 0 heterocycles. The minimum Gasteiger partial charge on any atom is -0.490 e. The third kappa shape index (κ3) is 6.10.